The third-order valence-electron chi connectivity index (χ3n) is 6.24. The average molecular weight is 470 g/mol. The van der Waals surface area contributed by atoms with Crippen molar-refractivity contribution in [1.29, 1.82) is 5.26 Å². The number of likely N-dealkylation sites (tertiary alicyclic amines) is 1. The van der Waals surface area contributed by atoms with E-state index in [9.17, 15) is 8.42 Å². The molecule has 2 fully saturated rings. The van der Waals surface area contributed by atoms with Crippen LogP contribution >= 0.6 is 0 Å². The molecule has 0 amide bonds. The van der Waals surface area contributed by atoms with Crippen molar-refractivity contribution in [2.45, 2.75) is 43.8 Å². The number of anilines is 1. The number of rotatable bonds is 7. The number of hydrogen-bond acceptors (Lipinski definition) is 7. The number of benzene rings is 1. The Kier molecular flexibility index (Phi) is 7.29. The first-order valence-corrected chi connectivity index (χ1v) is 12.9. The van der Waals surface area contributed by atoms with E-state index in [2.05, 4.69) is 20.9 Å². The second-order valence-electron chi connectivity index (χ2n) is 8.87. The summed E-state index contributed by atoms with van der Waals surface area (Å²) < 4.78 is 34.2. The molecule has 8 nitrogen and oxygen atoms in total. The molecule has 1 atom stereocenters. The molecule has 2 aliphatic heterocycles. The predicted octanol–water partition coefficient (Wildman–Crippen LogP) is 2.46. The van der Waals surface area contributed by atoms with Crippen LogP contribution in [0, 0.1) is 11.3 Å². The van der Waals surface area contributed by atoms with E-state index in [1.54, 1.807) is 16.4 Å². The lowest BCUT2D eigenvalue weighted by Crippen LogP contribution is -2.46. The maximum Gasteiger partial charge on any atom is 0.245 e. The lowest BCUT2D eigenvalue weighted by molar-refractivity contribution is 0.122. The van der Waals surface area contributed by atoms with Gasteiger partial charge in [-0.05, 0) is 50.1 Å². The van der Waals surface area contributed by atoms with Crippen molar-refractivity contribution in [1.82, 2.24) is 14.2 Å². The topological polar surface area (TPSA) is 89.8 Å². The largest absolute Gasteiger partial charge is 0.378 e. The average Bonchev–Trinajstić information content (AvgIpc) is 3.27. The van der Waals surface area contributed by atoms with Crippen LogP contribution in [0.15, 0.2) is 47.5 Å². The van der Waals surface area contributed by atoms with Gasteiger partial charge in [-0.25, -0.2) is 13.4 Å². The standard InChI is InChI=1S/C24H31N5O3S/c1-19(2)29(22-9-10-27(18-22)17-21-5-3-20(15-25)4-6-21)33(30,31)23-7-8-24(26-16-23)28-11-13-32-14-12-28/h3-8,16,19,22H,9-14,17-18H2,1-2H3. The summed E-state index contributed by atoms with van der Waals surface area (Å²) >= 11 is 0. The summed E-state index contributed by atoms with van der Waals surface area (Å²) in [4.78, 5) is 9.07. The van der Waals surface area contributed by atoms with Crippen LogP contribution in [-0.4, -0.2) is 74.1 Å². The van der Waals surface area contributed by atoms with Crippen molar-refractivity contribution in [2.75, 3.05) is 44.3 Å². The first-order chi connectivity index (χ1) is 15.9. The quantitative estimate of drug-likeness (QED) is 0.615. The molecular weight excluding hydrogens is 438 g/mol. The summed E-state index contributed by atoms with van der Waals surface area (Å²) in [7, 11) is -3.67. The lowest BCUT2D eigenvalue weighted by Gasteiger charge is -2.32. The molecule has 33 heavy (non-hydrogen) atoms. The first-order valence-electron chi connectivity index (χ1n) is 11.4. The van der Waals surface area contributed by atoms with Crippen LogP contribution in [0.4, 0.5) is 5.82 Å². The van der Waals surface area contributed by atoms with Crippen LogP contribution in [0.2, 0.25) is 0 Å². The molecule has 2 saturated heterocycles. The van der Waals surface area contributed by atoms with E-state index in [4.69, 9.17) is 10.00 Å². The third-order valence-corrected chi connectivity index (χ3v) is 8.35. The van der Waals surface area contributed by atoms with Gasteiger partial charge in [-0.15, -0.1) is 0 Å². The molecule has 0 saturated carbocycles. The van der Waals surface area contributed by atoms with E-state index in [1.807, 2.05) is 38.1 Å². The van der Waals surface area contributed by atoms with Gasteiger partial charge in [0, 0.05) is 51.0 Å². The molecule has 0 N–H and O–H groups in total. The fourth-order valence-electron chi connectivity index (χ4n) is 4.63. The van der Waals surface area contributed by atoms with Crippen molar-refractivity contribution in [3.05, 3.63) is 53.7 Å². The van der Waals surface area contributed by atoms with Gasteiger partial charge in [0.2, 0.25) is 10.0 Å². The van der Waals surface area contributed by atoms with Crippen LogP contribution in [-0.2, 0) is 21.3 Å². The summed E-state index contributed by atoms with van der Waals surface area (Å²) in [6.45, 7) is 8.93. The van der Waals surface area contributed by atoms with E-state index in [1.165, 1.54) is 6.20 Å². The van der Waals surface area contributed by atoms with Crippen molar-refractivity contribution >= 4 is 15.8 Å². The zero-order valence-electron chi connectivity index (χ0n) is 19.2. The minimum atomic E-state index is -3.67. The summed E-state index contributed by atoms with van der Waals surface area (Å²) in [5, 5.41) is 8.98. The smallest absolute Gasteiger partial charge is 0.245 e. The van der Waals surface area contributed by atoms with Crippen LogP contribution in [0.25, 0.3) is 0 Å². The fourth-order valence-corrected chi connectivity index (χ4v) is 6.42. The monoisotopic (exact) mass is 469 g/mol. The van der Waals surface area contributed by atoms with Gasteiger partial charge in [0.15, 0.2) is 0 Å². The molecule has 0 spiro atoms. The Bertz CT molecular complexity index is 1070. The van der Waals surface area contributed by atoms with Crippen molar-refractivity contribution in [3.8, 4) is 6.07 Å². The van der Waals surface area contributed by atoms with Gasteiger partial charge in [0.25, 0.3) is 0 Å². The number of aromatic nitrogens is 1. The molecule has 176 valence electrons. The zero-order chi connectivity index (χ0) is 23.4. The molecule has 0 aliphatic carbocycles. The molecule has 4 rings (SSSR count). The second-order valence-corrected chi connectivity index (χ2v) is 10.7. The van der Waals surface area contributed by atoms with Crippen molar-refractivity contribution in [3.63, 3.8) is 0 Å². The van der Waals surface area contributed by atoms with Crippen LogP contribution in [0.1, 0.15) is 31.4 Å². The van der Waals surface area contributed by atoms with Gasteiger partial charge in [0.05, 0.1) is 24.8 Å². The highest BCUT2D eigenvalue weighted by molar-refractivity contribution is 7.89. The normalized spacial score (nSPS) is 19.8. The van der Waals surface area contributed by atoms with Gasteiger partial charge in [-0.2, -0.15) is 9.57 Å². The third kappa shape index (κ3) is 5.36. The number of sulfonamides is 1. The highest BCUT2D eigenvalue weighted by atomic mass is 32.2. The molecule has 3 heterocycles. The molecule has 1 aromatic heterocycles. The van der Waals surface area contributed by atoms with Crippen molar-refractivity contribution < 1.29 is 13.2 Å². The van der Waals surface area contributed by atoms with E-state index >= 15 is 0 Å². The molecular formula is C24H31N5O3S. The zero-order valence-corrected chi connectivity index (χ0v) is 20.0. The van der Waals surface area contributed by atoms with Crippen LogP contribution in [0.3, 0.4) is 0 Å². The molecule has 2 aromatic rings. The Balaban J connectivity index is 1.46. The van der Waals surface area contributed by atoms with E-state index in [0.29, 0.717) is 25.3 Å². The Morgan fingerprint density at radius 3 is 2.48 bits per heavy atom. The molecule has 2 aliphatic rings. The molecule has 1 unspecified atom stereocenters. The van der Waals surface area contributed by atoms with Gasteiger partial charge < -0.3 is 9.64 Å². The van der Waals surface area contributed by atoms with E-state index in [0.717, 1.165) is 44.0 Å². The molecule has 0 radical (unpaired) electrons. The second kappa shape index (κ2) is 10.2. The van der Waals surface area contributed by atoms with Gasteiger partial charge in [-0.1, -0.05) is 12.1 Å². The van der Waals surface area contributed by atoms with Crippen molar-refractivity contribution in [2.24, 2.45) is 0 Å². The molecule has 1 aromatic carbocycles. The van der Waals surface area contributed by atoms with Gasteiger partial charge in [-0.3, -0.25) is 4.90 Å². The minimum Gasteiger partial charge on any atom is -0.378 e. The van der Waals surface area contributed by atoms with E-state index < -0.39 is 10.0 Å². The molecule has 9 heteroatoms. The minimum absolute atomic E-state index is 0.0905. The van der Waals surface area contributed by atoms with Gasteiger partial charge >= 0.3 is 0 Å². The van der Waals surface area contributed by atoms with Crippen LogP contribution < -0.4 is 4.90 Å². The highest BCUT2D eigenvalue weighted by Crippen LogP contribution is 2.27. The Labute approximate surface area is 196 Å². The summed E-state index contributed by atoms with van der Waals surface area (Å²) in [5.41, 5.74) is 1.76. The SMILES string of the molecule is CC(C)N(C1CCN(Cc2ccc(C#N)cc2)C1)S(=O)(=O)c1ccc(N2CCOCC2)nc1. The number of pyridine rings is 1. The molecule has 0 bridgehead atoms. The Hall–Kier alpha value is -2.51. The number of hydrogen-bond donors (Lipinski definition) is 0. The predicted molar refractivity (Wildman–Crippen MR) is 126 cm³/mol. The number of nitrogens with zero attached hydrogens (tertiary/aromatic N) is 5. The van der Waals surface area contributed by atoms with Crippen LogP contribution in [0.5, 0.6) is 0 Å². The highest BCUT2D eigenvalue weighted by Gasteiger charge is 2.37. The maximum atomic E-state index is 13.6. The number of ether oxygens (including phenoxy) is 1. The Morgan fingerprint density at radius 1 is 1.15 bits per heavy atom. The fraction of sp³-hybridized carbons (Fsp3) is 0.500. The van der Waals surface area contributed by atoms with E-state index in [-0.39, 0.29) is 17.0 Å². The summed E-state index contributed by atoms with van der Waals surface area (Å²) in [6, 6.07) is 12.9. The number of morpholine rings is 1. The summed E-state index contributed by atoms with van der Waals surface area (Å²) in [6.07, 6.45) is 2.27. The number of nitriles is 1. The maximum absolute atomic E-state index is 13.6. The van der Waals surface area contributed by atoms with Gasteiger partial charge in [0.1, 0.15) is 10.7 Å². The Morgan fingerprint density at radius 2 is 1.88 bits per heavy atom. The first kappa shape index (κ1) is 23.6. The summed E-state index contributed by atoms with van der Waals surface area (Å²) in [5.74, 6) is 0.780. The lowest BCUT2D eigenvalue weighted by atomic mass is 10.1.